The lowest BCUT2D eigenvalue weighted by molar-refractivity contribution is -0.274. The molecule has 2 aromatic heterocycles. The van der Waals surface area contributed by atoms with Crippen molar-refractivity contribution in [2.75, 3.05) is 0 Å². The Morgan fingerprint density at radius 3 is 2.49 bits per heavy atom. The molecule has 35 heavy (non-hydrogen) atoms. The topological polar surface area (TPSA) is 95.6 Å². The van der Waals surface area contributed by atoms with Crippen LogP contribution in [0.3, 0.4) is 0 Å². The van der Waals surface area contributed by atoms with Crippen LogP contribution in [0.1, 0.15) is 29.8 Å². The first-order valence-electron chi connectivity index (χ1n) is 11.2. The van der Waals surface area contributed by atoms with Crippen LogP contribution in [0.4, 0.5) is 19.0 Å². The molecule has 1 aliphatic carbocycles. The fourth-order valence-electron chi connectivity index (χ4n) is 4.05. The number of fused-ring (bicyclic) bond motifs is 1. The van der Waals surface area contributed by atoms with Gasteiger partial charge in [0.25, 0.3) is 0 Å². The van der Waals surface area contributed by atoms with Crippen molar-refractivity contribution in [1.82, 2.24) is 19.6 Å². The number of amidine groups is 1. The van der Waals surface area contributed by atoms with Gasteiger partial charge in [-0.25, -0.2) is 19.3 Å². The van der Waals surface area contributed by atoms with Crippen molar-refractivity contribution in [2.24, 2.45) is 21.6 Å². The number of hydrogen-bond donors (Lipinski definition) is 1. The van der Waals surface area contributed by atoms with E-state index in [1.807, 2.05) is 24.6 Å². The molecule has 1 aromatic carbocycles. The summed E-state index contributed by atoms with van der Waals surface area (Å²) in [5.74, 6) is 1.65. The van der Waals surface area contributed by atoms with Crippen LogP contribution in [0.2, 0.25) is 0 Å². The third-order valence-electron chi connectivity index (χ3n) is 5.77. The molecule has 1 saturated carbocycles. The third kappa shape index (κ3) is 5.13. The summed E-state index contributed by atoms with van der Waals surface area (Å²) in [6.07, 6.45) is 1.32. The standard InChI is InChI=1S/C24H24F3N7O/c1-14-11-15(2)34(31-14)21-12-20(28)30-23-19(9-10-29-21)22(32-33(23)13-16-3-4-16)17-5-7-18(8-6-17)35-24(25,26)27/h5-8,10-12,16H,3-4,9,13H2,1-2H3,(H2,28,30). The number of aryl methyl sites for hydroxylation is 2. The van der Waals surface area contributed by atoms with E-state index < -0.39 is 6.36 Å². The molecule has 1 fully saturated rings. The summed E-state index contributed by atoms with van der Waals surface area (Å²) in [5, 5.41) is 9.27. The average molecular weight is 483 g/mol. The zero-order valence-electron chi connectivity index (χ0n) is 19.3. The summed E-state index contributed by atoms with van der Waals surface area (Å²) in [5.41, 5.74) is 10.2. The maximum absolute atomic E-state index is 12.6. The van der Waals surface area contributed by atoms with Gasteiger partial charge in [-0.3, -0.25) is 0 Å². The summed E-state index contributed by atoms with van der Waals surface area (Å²) in [6, 6.07) is 7.61. The van der Waals surface area contributed by atoms with E-state index in [0.29, 0.717) is 41.8 Å². The molecule has 0 unspecified atom stereocenters. The average Bonchev–Trinajstić information content (AvgIpc) is 3.43. The Hall–Kier alpha value is -3.89. The van der Waals surface area contributed by atoms with Gasteiger partial charge in [0.2, 0.25) is 0 Å². The first kappa shape index (κ1) is 22.9. The quantitative estimate of drug-likeness (QED) is 0.565. The number of ether oxygens (including phenoxy) is 1. The molecular formula is C24H24F3N7O. The summed E-state index contributed by atoms with van der Waals surface area (Å²) in [7, 11) is 0. The van der Waals surface area contributed by atoms with Crippen molar-refractivity contribution in [3.63, 3.8) is 0 Å². The Bertz CT molecular complexity index is 1340. The molecule has 3 heterocycles. The number of aromatic nitrogens is 4. The fraction of sp³-hybridized carbons (Fsp3) is 0.333. The first-order valence-corrected chi connectivity index (χ1v) is 11.2. The van der Waals surface area contributed by atoms with Gasteiger partial charge in [-0.1, -0.05) is 0 Å². The molecule has 0 radical (unpaired) electrons. The number of aliphatic imine (C=N–C) groups is 2. The summed E-state index contributed by atoms with van der Waals surface area (Å²) < 4.78 is 45.3. The SMILES string of the molecule is Cc1cc(C)n(C2=CC(N)=Nc3c(c(-c4ccc(OC(F)(F)F)cc4)nn3CC3CC3)CC=N2)n1. The van der Waals surface area contributed by atoms with E-state index in [1.165, 1.54) is 12.1 Å². The van der Waals surface area contributed by atoms with Gasteiger partial charge in [0, 0.05) is 42.1 Å². The Balaban J connectivity index is 1.55. The highest BCUT2D eigenvalue weighted by Gasteiger charge is 2.31. The van der Waals surface area contributed by atoms with Gasteiger partial charge in [0.15, 0.2) is 11.6 Å². The van der Waals surface area contributed by atoms with Crippen LogP contribution >= 0.6 is 0 Å². The number of nitrogens with two attached hydrogens (primary N) is 1. The fourth-order valence-corrected chi connectivity index (χ4v) is 4.05. The van der Waals surface area contributed by atoms with Crippen molar-refractivity contribution in [3.8, 4) is 17.0 Å². The van der Waals surface area contributed by atoms with Gasteiger partial charge in [0.05, 0.1) is 11.4 Å². The predicted octanol–water partition coefficient (Wildman–Crippen LogP) is 4.79. The van der Waals surface area contributed by atoms with Gasteiger partial charge in [-0.15, -0.1) is 13.2 Å². The zero-order valence-corrected chi connectivity index (χ0v) is 19.3. The minimum Gasteiger partial charge on any atom is -0.406 e. The lowest BCUT2D eigenvalue weighted by Gasteiger charge is -2.09. The molecule has 8 nitrogen and oxygen atoms in total. The molecule has 0 amide bonds. The van der Waals surface area contributed by atoms with Gasteiger partial charge in [0.1, 0.15) is 11.6 Å². The molecular weight excluding hydrogens is 459 g/mol. The van der Waals surface area contributed by atoms with E-state index >= 15 is 0 Å². The van der Waals surface area contributed by atoms with Gasteiger partial charge in [-0.2, -0.15) is 10.2 Å². The van der Waals surface area contributed by atoms with Gasteiger partial charge >= 0.3 is 6.36 Å². The number of nitrogens with zero attached hydrogens (tertiary/aromatic N) is 6. The molecule has 11 heteroatoms. The Labute approximate surface area is 199 Å². The van der Waals surface area contributed by atoms with Crippen LogP contribution in [0, 0.1) is 19.8 Å². The Morgan fingerprint density at radius 2 is 1.86 bits per heavy atom. The van der Waals surface area contributed by atoms with Crippen molar-refractivity contribution >= 4 is 23.7 Å². The summed E-state index contributed by atoms with van der Waals surface area (Å²) in [4.78, 5) is 9.29. The van der Waals surface area contributed by atoms with Crippen LogP contribution in [-0.4, -0.2) is 38.0 Å². The van der Waals surface area contributed by atoms with E-state index in [9.17, 15) is 13.2 Å². The van der Waals surface area contributed by atoms with Crippen LogP contribution < -0.4 is 10.5 Å². The smallest absolute Gasteiger partial charge is 0.406 e. The van der Waals surface area contributed by atoms with Crippen molar-refractivity contribution < 1.29 is 17.9 Å². The van der Waals surface area contributed by atoms with E-state index in [2.05, 4.69) is 19.8 Å². The van der Waals surface area contributed by atoms with Crippen LogP contribution in [-0.2, 0) is 13.0 Å². The highest BCUT2D eigenvalue weighted by Crippen LogP contribution is 2.37. The normalized spacial score (nSPS) is 16.1. The number of rotatable bonds is 5. The minimum absolute atomic E-state index is 0.255. The highest BCUT2D eigenvalue weighted by atomic mass is 19.4. The maximum atomic E-state index is 12.6. The van der Waals surface area contributed by atoms with Crippen molar-refractivity contribution in [2.45, 2.75) is 46.0 Å². The monoisotopic (exact) mass is 483 g/mol. The van der Waals surface area contributed by atoms with E-state index in [-0.39, 0.29) is 11.6 Å². The molecule has 1 aliphatic heterocycles. The lowest BCUT2D eigenvalue weighted by atomic mass is 10.1. The molecule has 0 spiro atoms. The van der Waals surface area contributed by atoms with Gasteiger partial charge in [-0.05, 0) is 62.9 Å². The molecule has 2 aliphatic rings. The second kappa shape index (κ2) is 8.71. The molecule has 5 rings (SSSR count). The third-order valence-corrected chi connectivity index (χ3v) is 5.77. The number of alkyl halides is 3. The lowest BCUT2D eigenvalue weighted by Crippen LogP contribution is -2.16. The number of hydrogen-bond acceptors (Lipinski definition) is 6. The molecule has 0 bridgehead atoms. The Kier molecular flexibility index (Phi) is 5.70. The number of benzene rings is 1. The van der Waals surface area contributed by atoms with Crippen LogP contribution in [0.5, 0.6) is 5.75 Å². The predicted molar refractivity (Wildman–Crippen MR) is 127 cm³/mol. The highest BCUT2D eigenvalue weighted by molar-refractivity contribution is 5.98. The molecule has 0 saturated heterocycles. The summed E-state index contributed by atoms with van der Waals surface area (Å²) >= 11 is 0. The van der Waals surface area contributed by atoms with E-state index in [1.54, 1.807) is 29.1 Å². The van der Waals surface area contributed by atoms with Crippen molar-refractivity contribution in [1.29, 1.82) is 0 Å². The number of halogens is 3. The maximum Gasteiger partial charge on any atom is 0.573 e. The second-order valence-corrected chi connectivity index (χ2v) is 8.74. The van der Waals surface area contributed by atoms with Crippen LogP contribution in [0.15, 0.2) is 46.4 Å². The van der Waals surface area contributed by atoms with E-state index in [4.69, 9.17) is 10.8 Å². The van der Waals surface area contributed by atoms with Crippen LogP contribution in [0.25, 0.3) is 17.1 Å². The summed E-state index contributed by atoms with van der Waals surface area (Å²) in [6.45, 7) is 4.53. The minimum atomic E-state index is -4.75. The largest absolute Gasteiger partial charge is 0.573 e. The first-order chi connectivity index (χ1) is 16.7. The Morgan fingerprint density at radius 1 is 1.11 bits per heavy atom. The van der Waals surface area contributed by atoms with Gasteiger partial charge < -0.3 is 10.5 Å². The van der Waals surface area contributed by atoms with Crippen molar-refractivity contribution in [3.05, 3.63) is 53.4 Å². The molecule has 182 valence electrons. The molecule has 3 aromatic rings. The van der Waals surface area contributed by atoms with E-state index in [0.717, 1.165) is 29.8 Å². The second-order valence-electron chi connectivity index (χ2n) is 8.74. The molecule has 2 N–H and O–H groups in total. The zero-order chi connectivity index (χ0) is 24.7. The molecule has 0 atom stereocenters.